The lowest BCUT2D eigenvalue weighted by molar-refractivity contribution is 1.32. The first-order valence-corrected chi connectivity index (χ1v) is 3.71. The van der Waals surface area contributed by atoms with Crippen molar-refractivity contribution in [2.45, 2.75) is 0 Å². The van der Waals surface area contributed by atoms with Crippen LogP contribution in [0.2, 0.25) is 0 Å². The van der Waals surface area contributed by atoms with E-state index >= 15 is 0 Å². The predicted octanol–water partition coefficient (Wildman–Crippen LogP) is 1.08. The molecule has 0 atom stereocenters. The summed E-state index contributed by atoms with van der Waals surface area (Å²) in [5, 5.41) is 9.51. The van der Waals surface area contributed by atoms with E-state index in [2.05, 4.69) is 9.97 Å². The summed E-state index contributed by atoms with van der Waals surface area (Å²) in [6.07, 6.45) is 3.30. The SMILES string of the molecule is N#Cc1cc2cnccc2nc1N. The smallest absolute Gasteiger partial charge is 0.142 e. The minimum Gasteiger partial charge on any atom is -0.383 e. The zero-order valence-corrected chi connectivity index (χ0v) is 6.73. The second kappa shape index (κ2) is 2.72. The Bertz CT molecular complexity index is 498. The second-order valence-electron chi connectivity index (χ2n) is 2.60. The zero-order chi connectivity index (χ0) is 9.26. The molecule has 0 aliphatic carbocycles. The third-order valence-electron chi connectivity index (χ3n) is 1.77. The van der Waals surface area contributed by atoms with Gasteiger partial charge in [0.25, 0.3) is 0 Å². The summed E-state index contributed by atoms with van der Waals surface area (Å²) in [6, 6.07) is 5.41. The number of nitriles is 1. The number of nitrogens with zero attached hydrogens (tertiary/aromatic N) is 3. The first kappa shape index (κ1) is 7.50. The van der Waals surface area contributed by atoms with Gasteiger partial charge < -0.3 is 5.73 Å². The third kappa shape index (κ3) is 1.16. The van der Waals surface area contributed by atoms with Gasteiger partial charge >= 0.3 is 0 Å². The highest BCUT2D eigenvalue weighted by Gasteiger charge is 2.01. The Kier molecular flexibility index (Phi) is 1.57. The van der Waals surface area contributed by atoms with Crippen LogP contribution >= 0.6 is 0 Å². The van der Waals surface area contributed by atoms with E-state index in [0.29, 0.717) is 5.56 Å². The topological polar surface area (TPSA) is 75.6 Å². The van der Waals surface area contributed by atoms with Crippen LogP contribution in [0.1, 0.15) is 5.56 Å². The maximum Gasteiger partial charge on any atom is 0.142 e. The Morgan fingerprint density at radius 3 is 3.08 bits per heavy atom. The molecule has 0 saturated heterocycles. The largest absolute Gasteiger partial charge is 0.383 e. The minimum atomic E-state index is 0.265. The van der Waals surface area contributed by atoms with E-state index in [1.807, 2.05) is 6.07 Å². The Balaban J connectivity index is 2.83. The van der Waals surface area contributed by atoms with Gasteiger partial charge in [0.1, 0.15) is 11.9 Å². The Hall–Kier alpha value is -2.15. The maximum atomic E-state index is 8.69. The summed E-state index contributed by atoms with van der Waals surface area (Å²) in [5.41, 5.74) is 6.69. The van der Waals surface area contributed by atoms with Gasteiger partial charge in [0.05, 0.1) is 11.1 Å². The summed E-state index contributed by atoms with van der Waals surface area (Å²) >= 11 is 0. The van der Waals surface area contributed by atoms with E-state index < -0.39 is 0 Å². The van der Waals surface area contributed by atoms with Crippen LogP contribution in [0.15, 0.2) is 24.5 Å². The van der Waals surface area contributed by atoms with Gasteiger partial charge in [-0.05, 0) is 12.1 Å². The van der Waals surface area contributed by atoms with Crippen molar-refractivity contribution >= 4 is 16.7 Å². The lowest BCUT2D eigenvalue weighted by Gasteiger charge is -1.99. The summed E-state index contributed by atoms with van der Waals surface area (Å²) in [7, 11) is 0. The number of nitrogen functional groups attached to an aromatic ring is 1. The monoisotopic (exact) mass is 170 g/mol. The predicted molar refractivity (Wildman–Crippen MR) is 48.7 cm³/mol. The van der Waals surface area contributed by atoms with Crippen molar-refractivity contribution in [3.05, 3.63) is 30.1 Å². The quantitative estimate of drug-likeness (QED) is 0.641. The Morgan fingerprint density at radius 1 is 1.46 bits per heavy atom. The molecule has 0 aliphatic heterocycles. The van der Waals surface area contributed by atoms with Crippen LogP contribution in [-0.4, -0.2) is 9.97 Å². The molecule has 0 radical (unpaired) electrons. The van der Waals surface area contributed by atoms with Crippen LogP contribution in [0.25, 0.3) is 10.9 Å². The molecule has 0 unspecified atom stereocenters. The summed E-state index contributed by atoms with van der Waals surface area (Å²) in [6.45, 7) is 0. The third-order valence-corrected chi connectivity index (χ3v) is 1.77. The number of rotatable bonds is 0. The van der Waals surface area contributed by atoms with Gasteiger partial charge in [-0.2, -0.15) is 5.26 Å². The average molecular weight is 170 g/mol. The van der Waals surface area contributed by atoms with E-state index in [1.165, 1.54) is 0 Å². The molecule has 0 aromatic carbocycles. The van der Waals surface area contributed by atoms with Crippen LogP contribution in [-0.2, 0) is 0 Å². The number of hydrogen-bond donors (Lipinski definition) is 1. The van der Waals surface area contributed by atoms with Crippen LogP contribution in [0.4, 0.5) is 5.82 Å². The van der Waals surface area contributed by atoms with E-state index in [4.69, 9.17) is 11.0 Å². The average Bonchev–Trinajstić information content (AvgIpc) is 2.17. The van der Waals surface area contributed by atoms with Gasteiger partial charge in [0.15, 0.2) is 0 Å². The van der Waals surface area contributed by atoms with Gasteiger partial charge in [-0.25, -0.2) is 4.98 Å². The Labute approximate surface area is 74.6 Å². The molecule has 62 valence electrons. The molecule has 0 bridgehead atoms. The van der Waals surface area contributed by atoms with Gasteiger partial charge in [0.2, 0.25) is 0 Å². The molecule has 4 nitrogen and oxygen atoms in total. The molecule has 4 heteroatoms. The molecule has 2 aromatic heterocycles. The lowest BCUT2D eigenvalue weighted by Crippen LogP contribution is -1.95. The van der Waals surface area contributed by atoms with Crippen molar-refractivity contribution in [1.29, 1.82) is 5.26 Å². The molecule has 2 heterocycles. The number of aromatic nitrogens is 2. The van der Waals surface area contributed by atoms with Gasteiger partial charge in [-0.15, -0.1) is 0 Å². The van der Waals surface area contributed by atoms with Crippen molar-refractivity contribution in [2.24, 2.45) is 0 Å². The summed E-state index contributed by atoms with van der Waals surface area (Å²) in [5.74, 6) is 0.265. The van der Waals surface area contributed by atoms with Crippen LogP contribution in [0, 0.1) is 11.3 Å². The number of hydrogen-bond acceptors (Lipinski definition) is 4. The number of fused-ring (bicyclic) bond motifs is 1. The molecule has 2 aromatic rings. The molecule has 0 aliphatic rings. The first-order chi connectivity index (χ1) is 6.31. The summed E-state index contributed by atoms with van der Waals surface area (Å²) in [4.78, 5) is 7.99. The molecule has 0 spiro atoms. The van der Waals surface area contributed by atoms with Crippen LogP contribution in [0.3, 0.4) is 0 Å². The maximum absolute atomic E-state index is 8.69. The highest BCUT2D eigenvalue weighted by molar-refractivity contribution is 5.81. The van der Waals surface area contributed by atoms with Gasteiger partial charge in [-0.3, -0.25) is 4.98 Å². The first-order valence-electron chi connectivity index (χ1n) is 3.71. The molecular weight excluding hydrogens is 164 g/mol. The normalized spacial score (nSPS) is 9.77. The second-order valence-corrected chi connectivity index (χ2v) is 2.60. The van der Waals surface area contributed by atoms with Gasteiger partial charge in [0, 0.05) is 17.8 Å². The highest BCUT2D eigenvalue weighted by atomic mass is 14.8. The number of pyridine rings is 2. The summed E-state index contributed by atoms with van der Waals surface area (Å²) < 4.78 is 0. The van der Waals surface area contributed by atoms with Crippen molar-refractivity contribution < 1.29 is 0 Å². The fourth-order valence-electron chi connectivity index (χ4n) is 1.12. The van der Waals surface area contributed by atoms with E-state index in [9.17, 15) is 0 Å². The highest BCUT2D eigenvalue weighted by Crippen LogP contribution is 2.15. The molecule has 2 rings (SSSR count). The van der Waals surface area contributed by atoms with Crippen LogP contribution < -0.4 is 5.73 Å². The minimum absolute atomic E-state index is 0.265. The fraction of sp³-hybridized carbons (Fsp3) is 0. The molecule has 2 N–H and O–H groups in total. The number of nitrogens with two attached hydrogens (primary N) is 1. The van der Waals surface area contributed by atoms with Crippen molar-refractivity contribution in [3.8, 4) is 6.07 Å². The van der Waals surface area contributed by atoms with E-state index in [0.717, 1.165) is 10.9 Å². The fourth-order valence-corrected chi connectivity index (χ4v) is 1.12. The van der Waals surface area contributed by atoms with Gasteiger partial charge in [-0.1, -0.05) is 0 Å². The molecular formula is C9H6N4. The standard InChI is InChI=1S/C9H6N4/c10-4-6-3-7-5-12-2-1-8(7)13-9(6)11/h1-3,5H,(H2,11,13). The molecule has 0 amide bonds. The van der Waals surface area contributed by atoms with Crippen molar-refractivity contribution in [2.75, 3.05) is 5.73 Å². The Morgan fingerprint density at radius 2 is 2.31 bits per heavy atom. The van der Waals surface area contributed by atoms with E-state index in [1.54, 1.807) is 24.5 Å². The molecule has 0 saturated carbocycles. The van der Waals surface area contributed by atoms with Crippen molar-refractivity contribution in [3.63, 3.8) is 0 Å². The van der Waals surface area contributed by atoms with Crippen LogP contribution in [0.5, 0.6) is 0 Å². The number of anilines is 1. The van der Waals surface area contributed by atoms with E-state index in [-0.39, 0.29) is 5.82 Å². The molecule has 0 fully saturated rings. The molecule has 13 heavy (non-hydrogen) atoms. The zero-order valence-electron chi connectivity index (χ0n) is 6.73. The van der Waals surface area contributed by atoms with Crippen molar-refractivity contribution in [1.82, 2.24) is 9.97 Å². The lowest BCUT2D eigenvalue weighted by atomic mass is 10.2.